The van der Waals surface area contributed by atoms with Crippen LogP contribution in [-0.2, 0) is 33.0 Å². The summed E-state index contributed by atoms with van der Waals surface area (Å²) in [6.45, 7) is 5.45. The number of piperidine rings is 1. The smallest absolute Gasteiger partial charge is 0.235 e. The van der Waals surface area contributed by atoms with E-state index < -0.39 is 10.0 Å². The summed E-state index contributed by atoms with van der Waals surface area (Å²) in [6, 6.07) is 16.9. The molecule has 3 aliphatic carbocycles. The number of nitrogens with one attached hydrogen (secondary N) is 1. The third-order valence-electron chi connectivity index (χ3n) is 8.91. The highest BCUT2D eigenvalue weighted by atomic mass is 79.9. The normalized spacial score (nSPS) is 29.2. The van der Waals surface area contributed by atoms with Gasteiger partial charge in [0, 0.05) is 50.7 Å². The van der Waals surface area contributed by atoms with Gasteiger partial charge in [0.05, 0.1) is 10.9 Å². The number of sulfonamides is 1. The first-order chi connectivity index (χ1) is 15.9. The minimum atomic E-state index is -3.23. The minimum absolute atomic E-state index is 0. The predicted molar refractivity (Wildman–Crippen MR) is 141 cm³/mol. The van der Waals surface area contributed by atoms with Gasteiger partial charge in [0.25, 0.3) is 0 Å². The zero-order chi connectivity index (χ0) is 22.8. The van der Waals surface area contributed by atoms with Crippen LogP contribution in [0, 0.1) is 11.8 Å². The molecule has 6 rings (SSSR count). The van der Waals surface area contributed by atoms with Crippen LogP contribution in [0.3, 0.4) is 0 Å². The summed E-state index contributed by atoms with van der Waals surface area (Å²) in [6.07, 6.45) is 4.64. The monoisotopic (exact) mass is 546 g/mol. The topological polar surface area (TPSA) is 58.6 Å². The van der Waals surface area contributed by atoms with Crippen molar-refractivity contribution in [2.75, 3.05) is 31.5 Å². The number of ether oxygens (including phenoxy) is 1. The molecule has 1 aliphatic heterocycles. The first kappa shape index (κ1) is 24.3. The van der Waals surface area contributed by atoms with Gasteiger partial charge in [-0.25, -0.2) is 8.42 Å². The SMILES string of the molecule is Br.CCC1(c2cccc(NS(=O)(=O)C3CC3)c2)C2CN(CC3(OC)Cc4ccccc4C3)CC21. The highest BCUT2D eigenvalue weighted by Gasteiger charge is 2.67. The molecule has 0 radical (unpaired) electrons. The van der Waals surface area contributed by atoms with E-state index in [0.717, 1.165) is 57.4 Å². The largest absolute Gasteiger partial charge is 0.376 e. The lowest BCUT2D eigenvalue weighted by Gasteiger charge is -2.35. The minimum Gasteiger partial charge on any atom is -0.376 e. The molecule has 1 heterocycles. The molecule has 2 aromatic carbocycles. The quantitative estimate of drug-likeness (QED) is 0.527. The van der Waals surface area contributed by atoms with Gasteiger partial charge in [-0.05, 0) is 59.9 Å². The second kappa shape index (κ2) is 8.61. The maximum atomic E-state index is 12.4. The number of halogens is 1. The first-order valence-electron chi connectivity index (χ1n) is 12.4. The molecule has 0 aromatic heterocycles. The van der Waals surface area contributed by atoms with Gasteiger partial charge < -0.3 is 4.74 Å². The Morgan fingerprint density at radius 2 is 1.68 bits per heavy atom. The summed E-state index contributed by atoms with van der Waals surface area (Å²) in [5, 5.41) is -0.204. The number of likely N-dealkylation sites (tertiary alicyclic amines) is 1. The lowest BCUT2D eigenvalue weighted by Crippen LogP contribution is -2.46. The number of hydrogen-bond acceptors (Lipinski definition) is 4. The zero-order valence-corrected chi connectivity index (χ0v) is 22.5. The molecule has 184 valence electrons. The molecule has 2 atom stereocenters. The highest BCUT2D eigenvalue weighted by molar-refractivity contribution is 8.93. The fourth-order valence-electron chi connectivity index (χ4n) is 6.99. The van der Waals surface area contributed by atoms with Crippen LogP contribution in [0.2, 0.25) is 0 Å². The summed E-state index contributed by atoms with van der Waals surface area (Å²) >= 11 is 0. The molecule has 4 aliphatic rings. The molecule has 1 N–H and O–H groups in total. The molecule has 1 saturated heterocycles. The molecule has 2 unspecified atom stereocenters. The van der Waals surface area contributed by atoms with Gasteiger partial charge >= 0.3 is 0 Å². The number of benzene rings is 2. The average Bonchev–Trinajstić information content (AvgIpc) is 3.68. The summed E-state index contributed by atoms with van der Waals surface area (Å²) in [7, 11) is -1.37. The maximum Gasteiger partial charge on any atom is 0.235 e. The Morgan fingerprint density at radius 3 is 2.24 bits per heavy atom. The molecule has 3 fully saturated rings. The van der Waals surface area contributed by atoms with Crippen molar-refractivity contribution in [3.63, 3.8) is 0 Å². The zero-order valence-electron chi connectivity index (χ0n) is 20.0. The number of nitrogens with zero attached hydrogens (tertiary/aromatic N) is 1. The molecule has 0 amide bonds. The predicted octanol–water partition coefficient (Wildman–Crippen LogP) is 4.56. The van der Waals surface area contributed by atoms with E-state index in [1.54, 1.807) is 0 Å². The van der Waals surface area contributed by atoms with Crippen molar-refractivity contribution in [2.24, 2.45) is 11.8 Å². The lowest BCUT2D eigenvalue weighted by molar-refractivity contribution is -0.0276. The van der Waals surface area contributed by atoms with E-state index in [9.17, 15) is 8.42 Å². The van der Waals surface area contributed by atoms with Gasteiger partial charge in [-0.2, -0.15) is 0 Å². The van der Waals surface area contributed by atoms with Gasteiger partial charge in [0.2, 0.25) is 10.0 Å². The van der Waals surface area contributed by atoms with Gasteiger partial charge in [0.15, 0.2) is 0 Å². The number of fused-ring (bicyclic) bond motifs is 2. The third kappa shape index (κ3) is 3.93. The van der Waals surface area contributed by atoms with Crippen LogP contribution in [0.15, 0.2) is 48.5 Å². The van der Waals surface area contributed by atoms with Crippen LogP contribution in [0.5, 0.6) is 0 Å². The van der Waals surface area contributed by atoms with Gasteiger partial charge in [0.1, 0.15) is 0 Å². The fraction of sp³-hybridized carbons (Fsp3) is 0.556. The number of methoxy groups -OCH3 is 1. The van der Waals surface area contributed by atoms with E-state index in [-0.39, 0.29) is 33.2 Å². The summed E-state index contributed by atoms with van der Waals surface area (Å²) in [4.78, 5) is 2.61. The average molecular weight is 548 g/mol. The molecule has 0 spiro atoms. The van der Waals surface area contributed by atoms with E-state index in [1.807, 2.05) is 19.2 Å². The van der Waals surface area contributed by atoms with E-state index >= 15 is 0 Å². The van der Waals surface area contributed by atoms with Crippen molar-refractivity contribution < 1.29 is 13.2 Å². The molecule has 34 heavy (non-hydrogen) atoms. The van der Waals surface area contributed by atoms with Gasteiger partial charge in [-0.1, -0.05) is 43.3 Å². The highest BCUT2D eigenvalue weighted by Crippen LogP contribution is 2.65. The first-order valence-corrected chi connectivity index (χ1v) is 13.9. The van der Waals surface area contributed by atoms with Crippen molar-refractivity contribution in [1.29, 1.82) is 0 Å². The van der Waals surface area contributed by atoms with Crippen LogP contribution in [0.1, 0.15) is 42.9 Å². The van der Waals surface area contributed by atoms with Crippen LogP contribution in [-0.4, -0.2) is 50.9 Å². The Hall–Kier alpha value is -1.41. The van der Waals surface area contributed by atoms with Gasteiger partial charge in [-0.3, -0.25) is 9.62 Å². The van der Waals surface area contributed by atoms with Gasteiger partial charge in [-0.15, -0.1) is 17.0 Å². The third-order valence-corrected chi connectivity index (χ3v) is 10.8. The van der Waals surface area contributed by atoms with Crippen molar-refractivity contribution in [2.45, 2.75) is 55.3 Å². The Kier molecular flexibility index (Phi) is 6.15. The van der Waals surface area contributed by atoms with E-state index in [2.05, 4.69) is 52.9 Å². The Bertz CT molecular complexity index is 1140. The number of anilines is 1. The molecular formula is C27H35BrN2O3S. The van der Waals surface area contributed by atoms with Crippen LogP contribution in [0.4, 0.5) is 5.69 Å². The maximum absolute atomic E-state index is 12.4. The van der Waals surface area contributed by atoms with E-state index in [4.69, 9.17) is 4.74 Å². The molecular weight excluding hydrogens is 512 g/mol. The molecule has 0 bridgehead atoms. The van der Waals surface area contributed by atoms with Crippen molar-refractivity contribution in [3.05, 3.63) is 65.2 Å². The summed E-state index contributed by atoms with van der Waals surface area (Å²) in [5.74, 6) is 1.27. The van der Waals surface area contributed by atoms with Crippen LogP contribution >= 0.6 is 17.0 Å². The fourth-order valence-corrected chi connectivity index (χ4v) is 8.37. The second-order valence-electron chi connectivity index (χ2n) is 10.7. The molecule has 7 heteroatoms. The molecule has 2 aromatic rings. The van der Waals surface area contributed by atoms with Crippen molar-refractivity contribution >= 4 is 32.7 Å². The number of rotatable bonds is 8. The van der Waals surface area contributed by atoms with E-state index in [0.29, 0.717) is 11.8 Å². The van der Waals surface area contributed by atoms with Crippen LogP contribution < -0.4 is 4.72 Å². The summed E-state index contributed by atoms with van der Waals surface area (Å²) in [5.41, 5.74) is 4.93. The van der Waals surface area contributed by atoms with Crippen LogP contribution in [0.25, 0.3) is 0 Å². The lowest BCUT2D eigenvalue weighted by atomic mass is 9.87. The van der Waals surface area contributed by atoms with Crippen molar-refractivity contribution in [3.8, 4) is 0 Å². The van der Waals surface area contributed by atoms with E-state index in [1.165, 1.54) is 16.7 Å². The van der Waals surface area contributed by atoms with Crippen molar-refractivity contribution in [1.82, 2.24) is 4.90 Å². The Labute approximate surface area is 214 Å². The Morgan fingerprint density at radius 1 is 1.03 bits per heavy atom. The second-order valence-corrected chi connectivity index (χ2v) is 12.7. The molecule has 2 saturated carbocycles. The number of hydrogen-bond donors (Lipinski definition) is 1. The standard InChI is InChI=1S/C27H34N2O3S.BrH/c1-3-27(21-9-6-10-22(13-21)28-33(30,31)23-11-12-23)24-16-29(17-25(24)27)18-26(32-2)14-19-7-4-5-8-20(19)15-26;/h4-10,13,23-25,28H,3,11-12,14-18H2,1-2H3;1H. The molecule has 5 nitrogen and oxygen atoms in total. The Balaban J connectivity index is 0.00000241. The summed E-state index contributed by atoms with van der Waals surface area (Å²) < 4.78 is 33.8.